The van der Waals surface area contributed by atoms with Crippen LogP contribution in [0.5, 0.6) is 0 Å². The Morgan fingerprint density at radius 1 is 0.979 bits per heavy atom. The van der Waals surface area contributed by atoms with Crippen molar-refractivity contribution in [3.8, 4) is 0 Å². The zero-order valence-corrected chi connectivity index (χ0v) is 28.7. The molecule has 0 bridgehead atoms. The maximum Gasteiger partial charge on any atom is 0.243 e. The lowest BCUT2D eigenvalue weighted by Gasteiger charge is -2.29. The van der Waals surface area contributed by atoms with Crippen LogP contribution in [-0.2, 0) is 38.2 Å². The maximum atomic E-state index is 14.1. The van der Waals surface area contributed by atoms with Gasteiger partial charge >= 0.3 is 0 Å². The van der Waals surface area contributed by atoms with Crippen molar-refractivity contribution in [1.82, 2.24) is 21.3 Å². The molecule has 1 saturated heterocycles. The minimum Gasteiger partial charge on any atom is -0.390 e. The monoisotopic (exact) mass is 678 g/mol. The van der Waals surface area contributed by atoms with E-state index >= 15 is 0 Å². The third-order valence-electron chi connectivity index (χ3n) is 8.27. The number of carbonyl (C=O) groups is 2. The van der Waals surface area contributed by atoms with Crippen molar-refractivity contribution in [3.05, 3.63) is 70.8 Å². The molecule has 3 rings (SSSR count). The van der Waals surface area contributed by atoms with E-state index < -0.39 is 35.7 Å². The van der Waals surface area contributed by atoms with Crippen molar-refractivity contribution >= 4 is 23.9 Å². The standard InChI is InChI=1S/C35H52F2N4O5S/c1-4-8-30(9-5-2)45-46-47-23-32(41-34(43)27-12-14-38-15-13-27)35(44)40-31(19-26-17-28(36)20-29(37)18-26)33(42)22-39-21-25-11-7-10-24(6-3)16-25/h7,10-11,16-18,20,27,30-33,38-39,42H,4-6,8-9,12-15,19,21-23H2,1-3H3,(H,40,44)(H,41,43)/t31-,32?,33+/m0/s1. The molecule has 1 aliphatic heterocycles. The highest BCUT2D eigenvalue weighted by Gasteiger charge is 2.30. The number of piperidine rings is 1. The Morgan fingerprint density at radius 3 is 2.32 bits per heavy atom. The molecule has 9 nitrogen and oxygen atoms in total. The van der Waals surface area contributed by atoms with E-state index in [0.717, 1.165) is 55.8 Å². The van der Waals surface area contributed by atoms with Crippen molar-refractivity contribution in [2.45, 2.75) is 103 Å². The molecule has 12 heteroatoms. The summed E-state index contributed by atoms with van der Waals surface area (Å²) in [5.41, 5.74) is 2.52. The van der Waals surface area contributed by atoms with Crippen molar-refractivity contribution in [2.24, 2.45) is 5.92 Å². The van der Waals surface area contributed by atoms with Gasteiger partial charge in [0.05, 0.1) is 24.0 Å². The maximum absolute atomic E-state index is 14.1. The second-order valence-corrected chi connectivity index (χ2v) is 12.9. The highest BCUT2D eigenvalue weighted by Crippen LogP contribution is 2.18. The van der Waals surface area contributed by atoms with Gasteiger partial charge in [-0.05, 0) is 80.4 Å². The van der Waals surface area contributed by atoms with E-state index in [1.165, 1.54) is 17.7 Å². The molecule has 1 unspecified atom stereocenters. The lowest BCUT2D eigenvalue weighted by molar-refractivity contribution is -0.234. The highest BCUT2D eigenvalue weighted by atomic mass is 32.2. The molecule has 5 N–H and O–H groups in total. The molecule has 3 atom stereocenters. The highest BCUT2D eigenvalue weighted by molar-refractivity contribution is 7.94. The summed E-state index contributed by atoms with van der Waals surface area (Å²) < 4.78 is 33.6. The van der Waals surface area contributed by atoms with Crippen LogP contribution in [0.4, 0.5) is 8.78 Å². The number of benzene rings is 2. The summed E-state index contributed by atoms with van der Waals surface area (Å²) in [7, 11) is 0. The van der Waals surface area contributed by atoms with Crippen LogP contribution in [0.3, 0.4) is 0 Å². The Balaban J connectivity index is 1.72. The normalized spacial score (nSPS) is 15.7. The van der Waals surface area contributed by atoms with Gasteiger partial charge in [0.2, 0.25) is 11.8 Å². The lowest BCUT2D eigenvalue weighted by Crippen LogP contribution is -2.56. The SMILES string of the molecule is CCCC(CCC)OOSCC(NC(=O)C1CCNCC1)C(=O)N[C@@H](Cc1cc(F)cc(F)c1)[C@H](O)CNCc1cccc(CC)c1. The first-order chi connectivity index (χ1) is 22.7. The van der Waals surface area contributed by atoms with Crippen LogP contribution in [0.1, 0.15) is 76.0 Å². The molecule has 262 valence electrons. The van der Waals surface area contributed by atoms with Crippen LogP contribution in [0.25, 0.3) is 0 Å². The van der Waals surface area contributed by atoms with Gasteiger partial charge in [0.1, 0.15) is 17.7 Å². The number of carbonyl (C=O) groups excluding carboxylic acids is 2. The number of hydrogen-bond donors (Lipinski definition) is 5. The third kappa shape index (κ3) is 14.2. The van der Waals surface area contributed by atoms with Gasteiger partial charge in [-0.1, -0.05) is 57.9 Å². The summed E-state index contributed by atoms with van der Waals surface area (Å²) in [6, 6.07) is 9.30. The zero-order valence-electron chi connectivity index (χ0n) is 27.9. The second-order valence-electron chi connectivity index (χ2n) is 12.2. The van der Waals surface area contributed by atoms with E-state index in [0.29, 0.717) is 32.5 Å². The molecular weight excluding hydrogens is 626 g/mol. The van der Waals surface area contributed by atoms with Crippen LogP contribution >= 0.6 is 12.0 Å². The fourth-order valence-corrected chi connectivity index (χ4v) is 6.23. The Labute approximate surface area is 282 Å². The number of halogens is 2. The molecule has 0 aliphatic carbocycles. The van der Waals surface area contributed by atoms with Gasteiger partial charge < -0.3 is 26.4 Å². The second kappa shape index (κ2) is 21.4. The van der Waals surface area contributed by atoms with E-state index in [-0.39, 0.29) is 42.2 Å². The van der Waals surface area contributed by atoms with Gasteiger partial charge in [-0.3, -0.25) is 9.59 Å². The van der Waals surface area contributed by atoms with E-state index in [1.54, 1.807) is 0 Å². The molecular formula is C35H52F2N4O5S. The van der Waals surface area contributed by atoms with E-state index in [9.17, 15) is 23.5 Å². The molecule has 2 aromatic rings. The first kappa shape index (κ1) is 38.8. The lowest BCUT2D eigenvalue weighted by atomic mass is 9.97. The van der Waals surface area contributed by atoms with E-state index in [2.05, 4.69) is 48.1 Å². The number of rotatable bonds is 21. The number of aliphatic hydroxyl groups is 1. The quantitative estimate of drug-likeness (QED) is 0.0556. The molecule has 2 amide bonds. The largest absolute Gasteiger partial charge is 0.390 e. The Hall–Kier alpha value is -2.61. The number of amides is 2. The third-order valence-corrected chi connectivity index (χ3v) is 8.92. The predicted octanol–water partition coefficient (Wildman–Crippen LogP) is 4.75. The van der Waals surface area contributed by atoms with Gasteiger partial charge in [0.25, 0.3) is 0 Å². The average molecular weight is 679 g/mol. The minimum atomic E-state index is -1.11. The van der Waals surface area contributed by atoms with Gasteiger partial charge in [-0.25, -0.2) is 13.7 Å². The van der Waals surface area contributed by atoms with Gasteiger partial charge in [0, 0.05) is 37.1 Å². The molecule has 1 heterocycles. The van der Waals surface area contributed by atoms with Crippen molar-refractivity contribution in [3.63, 3.8) is 0 Å². The summed E-state index contributed by atoms with van der Waals surface area (Å²) in [4.78, 5) is 32.5. The van der Waals surface area contributed by atoms with Crippen molar-refractivity contribution in [1.29, 1.82) is 0 Å². The molecule has 0 aromatic heterocycles. The average Bonchev–Trinajstić information content (AvgIpc) is 3.05. The smallest absolute Gasteiger partial charge is 0.243 e. The van der Waals surface area contributed by atoms with Crippen molar-refractivity contribution < 1.29 is 32.7 Å². The fourth-order valence-electron chi connectivity index (χ4n) is 5.64. The van der Waals surface area contributed by atoms with Crippen LogP contribution in [0.2, 0.25) is 0 Å². The van der Waals surface area contributed by atoms with Crippen LogP contribution < -0.4 is 21.3 Å². The van der Waals surface area contributed by atoms with Crippen LogP contribution in [-0.4, -0.2) is 66.6 Å². The van der Waals surface area contributed by atoms with Gasteiger partial charge in [0.15, 0.2) is 0 Å². The fraction of sp³-hybridized carbons (Fsp3) is 0.600. The summed E-state index contributed by atoms with van der Waals surface area (Å²) in [5.74, 6) is -2.46. The molecule has 1 aliphatic rings. The van der Waals surface area contributed by atoms with Crippen molar-refractivity contribution in [2.75, 3.05) is 25.4 Å². The Kier molecular flexibility index (Phi) is 17.7. The summed E-state index contributed by atoms with van der Waals surface area (Å²) >= 11 is 0.932. The summed E-state index contributed by atoms with van der Waals surface area (Å²) in [6.07, 6.45) is 4.54. The first-order valence-electron chi connectivity index (χ1n) is 16.9. The molecule has 0 saturated carbocycles. The first-order valence-corrected chi connectivity index (χ1v) is 17.8. The minimum absolute atomic E-state index is 0.0357. The number of aryl methyl sites for hydroxylation is 1. The van der Waals surface area contributed by atoms with E-state index in [4.69, 9.17) is 9.22 Å². The summed E-state index contributed by atoms with van der Waals surface area (Å²) in [6.45, 7) is 8.23. The topological polar surface area (TPSA) is 121 Å². The molecule has 1 fully saturated rings. The number of hydrogen-bond acceptors (Lipinski definition) is 8. The van der Waals surface area contributed by atoms with Gasteiger partial charge in [-0.15, -0.1) is 0 Å². The molecule has 2 aromatic carbocycles. The van der Waals surface area contributed by atoms with E-state index in [1.807, 2.05) is 18.2 Å². The Bertz CT molecular complexity index is 1210. The molecule has 0 spiro atoms. The number of aliphatic hydroxyl groups excluding tert-OH is 1. The summed E-state index contributed by atoms with van der Waals surface area (Å²) in [5, 5.41) is 23.5. The Morgan fingerprint density at radius 2 is 1.66 bits per heavy atom. The molecule has 0 radical (unpaired) electrons. The zero-order chi connectivity index (χ0) is 34.0. The predicted molar refractivity (Wildman–Crippen MR) is 181 cm³/mol. The van der Waals surface area contributed by atoms with Crippen LogP contribution in [0, 0.1) is 17.6 Å². The molecule has 47 heavy (non-hydrogen) atoms. The van der Waals surface area contributed by atoms with Crippen LogP contribution in [0.15, 0.2) is 42.5 Å². The van der Waals surface area contributed by atoms with Gasteiger partial charge in [-0.2, -0.15) is 4.33 Å². The number of nitrogens with one attached hydrogen (secondary N) is 4.